The molecule has 0 aromatic carbocycles. The summed E-state index contributed by atoms with van der Waals surface area (Å²) in [6, 6.07) is 6.09. The van der Waals surface area contributed by atoms with Crippen LogP contribution in [0, 0.1) is 5.92 Å². The Bertz CT molecular complexity index is 715. The van der Waals surface area contributed by atoms with Gasteiger partial charge in [-0.05, 0) is 49.8 Å². The molecule has 5 nitrogen and oxygen atoms in total. The van der Waals surface area contributed by atoms with Crippen LogP contribution < -0.4 is 5.32 Å². The quantitative estimate of drug-likeness (QED) is 0.890. The number of hydrogen-bond acceptors (Lipinski definition) is 3. The summed E-state index contributed by atoms with van der Waals surface area (Å²) in [7, 11) is 0. The van der Waals surface area contributed by atoms with Crippen LogP contribution in [-0.4, -0.2) is 40.4 Å². The highest BCUT2D eigenvalue weighted by Crippen LogP contribution is 2.26. The minimum atomic E-state index is 0.0188. The summed E-state index contributed by atoms with van der Waals surface area (Å²) in [6.07, 6.45) is 6.30. The Morgan fingerprint density at radius 2 is 1.96 bits per heavy atom. The molecule has 2 aromatic rings. The molecule has 1 unspecified atom stereocenters. The molecule has 0 saturated carbocycles. The molecule has 134 valence electrons. The van der Waals surface area contributed by atoms with E-state index in [2.05, 4.69) is 12.2 Å². The topological polar surface area (TPSA) is 54.3 Å². The maximum absolute atomic E-state index is 12.9. The van der Waals surface area contributed by atoms with Crippen molar-refractivity contribution < 1.29 is 9.59 Å². The van der Waals surface area contributed by atoms with Crippen LogP contribution in [0.2, 0.25) is 0 Å². The summed E-state index contributed by atoms with van der Waals surface area (Å²) in [4.78, 5) is 27.8. The molecule has 0 radical (unpaired) electrons. The molecule has 1 fully saturated rings. The Labute approximate surface area is 152 Å². The SMILES string of the molecule is CCC(C)NC(=O)C1CCN(C(=O)c2sccc2-n2cccc2)CC1. The third-order valence-corrected chi connectivity index (χ3v) is 5.77. The van der Waals surface area contributed by atoms with E-state index in [4.69, 9.17) is 0 Å². The molecule has 1 atom stereocenters. The maximum Gasteiger partial charge on any atom is 0.266 e. The largest absolute Gasteiger partial charge is 0.353 e. The Balaban J connectivity index is 1.61. The first-order chi connectivity index (χ1) is 12.1. The van der Waals surface area contributed by atoms with E-state index in [1.165, 1.54) is 11.3 Å². The number of carbonyl (C=O) groups is 2. The highest BCUT2D eigenvalue weighted by atomic mass is 32.1. The lowest BCUT2D eigenvalue weighted by molar-refractivity contribution is -0.126. The van der Waals surface area contributed by atoms with Gasteiger partial charge >= 0.3 is 0 Å². The Morgan fingerprint density at radius 3 is 2.60 bits per heavy atom. The lowest BCUT2D eigenvalue weighted by atomic mass is 9.95. The van der Waals surface area contributed by atoms with Crippen molar-refractivity contribution in [2.75, 3.05) is 13.1 Å². The molecule has 2 aromatic heterocycles. The van der Waals surface area contributed by atoms with Gasteiger partial charge in [0.05, 0.1) is 5.69 Å². The average molecular weight is 359 g/mol. The Hall–Kier alpha value is -2.08. The van der Waals surface area contributed by atoms with Gasteiger partial charge in [0.1, 0.15) is 4.88 Å². The van der Waals surface area contributed by atoms with Gasteiger partial charge in [-0.25, -0.2) is 0 Å². The molecular weight excluding hydrogens is 334 g/mol. The molecule has 3 heterocycles. The molecule has 1 N–H and O–H groups in total. The molecule has 1 aliphatic rings. The molecule has 6 heteroatoms. The fourth-order valence-corrected chi connectivity index (χ4v) is 3.97. The second-order valence-electron chi connectivity index (χ2n) is 6.61. The molecule has 1 saturated heterocycles. The number of rotatable bonds is 5. The first-order valence-electron chi connectivity index (χ1n) is 8.90. The minimum Gasteiger partial charge on any atom is -0.353 e. The molecule has 0 spiro atoms. The summed E-state index contributed by atoms with van der Waals surface area (Å²) in [5.41, 5.74) is 0.927. The van der Waals surface area contributed by atoms with Gasteiger partial charge in [0, 0.05) is 37.4 Å². The van der Waals surface area contributed by atoms with Crippen molar-refractivity contribution in [3.8, 4) is 5.69 Å². The molecule has 25 heavy (non-hydrogen) atoms. The zero-order valence-corrected chi connectivity index (χ0v) is 15.6. The minimum absolute atomic E-state index is 0.0188. The molecule has 3 rings (SSSR count). The molecule has 0 aliphatic carbocycles. The summed E-state index contributed by atoms with van der Waals surface area (Å²) >= 11 is 1.48. The number of likely N-dealkylation sites (tertiary alicyclic amines) is 1. The van der Waals surface area contributed by atoms with E-state index in [1.807, 2.05) is 52.4 Å². The average Bonchev–Trinajstić information content (AvgIpc) is 3.32. The Morgan fingerprint density at radius 1 is 1.28 bits per heavy atom. The third-order valence-electron chi connectivity index (χ3n) is 4.88. The second-order valence-corrected chi connectivity index (χ2v) is 7.53. The van der Waals surface area contributed by atoms with E-state index in [9.17, 15) is 9.59 Å². The zero-order chi connectivity index (χ0) is 17.8. The monoisotopic (exact) mass is 359 g/mol. The van der Waals surface area contributed by atoms with Gasteiger partial charge in [0.2, 0.25) is 5.91 Å². The van der Waals surface area contributed by atoms with E-state index in [0.717, 1.165) is 29.8 Å². The van der Waals surface area contributed by atoms with Crippen molar-refractivity contribution in [1.82, 2.24) is 14.8 Å². The van der Waals surface area contributed by atoms with Gasteiger partial charge in [0.15, 0.2) is 0 Å². The highest BCUT2D eigenvalue weighted by Gasteiger charge is 2.29. The number of piperidine rings is 1. The van der Waals surface area contributed by atoms with Crippen LogP contribution in [0.15, 0.2) is 36.0 Å². The maximum atomic E-state index is 12.9. The summed E-state index contributed by atoms with van der Waals surface area (Å²) < 4.78 is 1.97. The number of amides is 2. The van der Waals surface area contributed by atoms with E-state index < -0.39 is 0 Å². The number of thiophene rings is 1. The van der Waals surface area contributed by atoms with Gasteiger partial charge in [-0.1, -0.05) is 6.92 Å². The van der Waals surface area contributed by atoms with Gasteiger partial charge in [-0.2, -0.15) is 0 Å². The van der Waals surface area contributed by atoms with Crippen molar-refractivity contribution in [3.63, 3.8) is 0 Å². The highest BCUT2D eigenvalue weighted by molar-refractivity contribution is 7.12. The smallest absolute Gasteiger partial charge is 0.266 e. The van der Waals surface area contributed by atoms with E-state index in [1.54, 1.807) is 0 Å². The van der Waals surface area contributed by atoms with Crippen molar-refractivity contribution in [2.24, 2.45) is 5.92 Å². The Kier molecular flexibility index (Phi) is 5.58. The molecular formula is C19H25N3O2S. The van der Waals surface area contributed by atoms with Crippen LogP contribution in [0.1, 0.15) is 42.8 Å². The summed E-state index contributed by atoms with van der Waals surface area (Å²) in [6.45, 7) is 5.37. The fraction of sp³-hybridized carbons (Fsp3) is 0.474. The van der Waals surface area contributed by atoms with Gasteiger partial charge < -0.3 is 14.8 Å². The van der Waals surface area contributed by atoms with Crippen molar-refractivity contribution in [1.29, 1.82) is 0 Å². The predicted molar refractivity (Wildman–Crippen MR) is 100 cm³/mol. The number of carbonyl (C=O) groups excluding carboxylic acids is 2. The van der Waals surface area contributed by atoms with Gasteiger partial charge in [0.25, 0.3) is 5.91 Å². The van der Waals surface area contributed by atoms with Gasteiger partial charge in [-0.3, -0.25) is 9.59 Å². The van der Waals surface area contributed by atoms with Crippen LogP contribution in [-0.2, 0) is 4.79 Å². The molecule has 0 bridgehead atoms. The first kappa shape index (κ1) is 17.7. The predicted octanol–water partition coefficient (Wildman–Crippen LogP) is 3.31. The first-order valence-corrected chi connectivity index (χ1v) is 9.78. The number of hydrogen-bond donors (Lipinski definition) is 1. The van der Waals surface area contributed by atoms with Gasteiger partial charge in [-0.15, -0.1) is 11.3 Å². The lowest BCUT2D eigenvalue weighted by Crippen LogP contribution is -2.44. The van der Waals surface area contributed by atoms with Crippen LogP contribution in [0.3, 0.4) is 0 Å². The van der Waals surface area contributed by atoms with Crippen LogP contribution in [0.4, 0.5) is 0 Å². The number of nitrogens with one attached hydrogen (secondary N) is 1. The second kappa shape index (κ2) is 7.87. The van der Waals surface area contributed by atoms with Crippen molar-refractivity contribution in [3.05, 3.63) is 40.8 Å². The number of aromatic nitrogens is 1. The van der Waals surface area contributed by atoms with Crippen molar-refractivity contribution in [2.45, 2.75) is 39.2 Å². The molecule has 1 aliphatic heterocycles. The summed E-state index contributed by atoms with van der Waals surface area (Å²) in [5, 5.41) is 5.01. The number of nitrogens with zero attached hydrogens (tertiary/aromatic N) is 2. The van der Waals surface area contributed by atoms with Crippen LogP contribution >= 0.6 is 11.3 Å². The van der Waals surface area contributed by atoms with E-state index >= 15 is 0 Å². The summed E-state index contributed by atoms with van der Waals surface area (Å²) in [5.74, 6) is 0.218. The normalized spacial score (nSPS) is 16.6. The van der Waals surface area contributed by atoms with E-state index in [-0.39, 0.29) is 23.8 Å². The fourth-order valence-electron chi connectivity index (χ4n) is 3.11. The van der Waals surface area contributed by atoms with Crippen LogP contribution in [0.5, 0.6) is 0 Å². The third kappa shape index (κ3) is 3.95. The zero-order valence-electron chi connectivity index (χ0n) is 14.8. The van der Waals surface area contributed by atoms with Crippen LogP contribution in [0.25, 0.3) is 5.69 Å². The molecule has 2 amide bonds. The standard InChI is InChI=1S/C19H25N3O2S/c1-3-14(2)20-18(23)15-6-11-22(12-7-15)19(24)17-16(8-13-25-17)21-9-4-5-10-21/h4-5,8-10,13-15H,3,6-7,11-12H2,1-2H3,(H,20,23). The van der Waals surface area contributed by atoms with Crippen molar-refractivity contribution >= 4 is 23.2 Å². The lowest BCUT2D eigenvalue weighted by Gasteiger charge is -2.31. The van der Waals surface area contributed by atoms with E-state index in [0.29, 0.717) is 13.1 Å².